The fourth-order valence-corrected chi connectivity index (χ4v) is 3.26. The van der Waals surface area contributed by atoms with E-state index in [1.807, 2.05) is 0 Å². The highest BCUT2D eigenvalue weighted by atomic mass is 35.5. The quantitative estimate of drug-likeness (QED) is 0.840. The molecule has 1 amide bonds. The minimum Gasteiger partial charge on any atom is -0.348 e. The fraction of sp³-hybridized carbons (Fsp3) is 0.500. The second-order valence-electron chi connectivity index (χ2n) is 4.80. The van der Waals surface area contributed by atoms with Gasteiger partial charge in [-0.05, 0) is 25.0 Å². The number of carbonyl (C=O) groups excluding carboxylic acids is 1. The number of amides is 1. The van der Waals surface area contributed by atoms with E-state index in [0.717, 1.165) is 12.8 Å². The van der Waals surface area contributed by atoms with Gasteiger partial charge in [0, 0.05) is 30.9 Å². The van der Waals surface area contributed by atoms with E-state index in [9.17, 15) is 13.2 Å². The highest BCUT2D eigenvalue weighted by molar-refractivity contribution is 7.88. The summed E-state index contributed by atoms with van der Waals surface area (Å²) >= 11 is 5.74. The first-order valence-corrected chi connectivity index (χ1v) is 8.46. The molecule has 1 fully saturated rings. The normalized spacial score (nSPS) is 20.6. The van der Waals surface area contributed by atoms with Crippen LogP contribution in [0.3, 0.4) is 0 Å². The molecule has 110 valence electrons. The lowest BCUT2D eigenvalue weighted by atomic mass is 10.1. The molecular weight excluding hydrogens is 302 g/mol. The Bertz CT molecular complexity index is 606. The predicted molar refractivity (Wildman–Crippen MR) is 76.2 cm³/mol. The summed E-state index contributed by atoms with van der Waals surface area (Å²) in [7, 11) is -3.22. The molecule has 0 bridgehead atoms. The number of nitrogens with zero attached hydrogens (tertiary/aromatic N) is 2. The largest absolute Gasteiger partial charge is 0.348 e. The van der Waals surface area contributed by atoms with E-state index in [1.165, 1.54) is 22.8 Å². The monoisotopic (exact) mass is 317 g/mol. The summed E-state index contributed by atoms with van der Waals surface area (Å²) in [6.07, 6.45) is 4.13. The molecule has 1 unspecified atom stereocenters. The Hall–Kier alpha value is -1.18. The Balaban J connectivity index is 2.01. The highest BCUT2D eigenvalue weighted by Gasteiger charge is 2.26. The number of halogens is 1. The molecule has 0 spiro atoms. The van der Waals surface area contributed by atoms with Crippen LogP contribution in [0.2, 0.25) is 5.15 Å². The van der Waals surface area contributed by atoms with Crippen LogP contribution < -0.4 is 5.32 Å². The first kappa shape index (κ1) is 15.2. The van der Waals surface area contributed by atoms with Crippen LogP contribution in [0, 0.1) is 0 Å². The molecule has 2 heterocycles. The lowest BCUT2D eigenvalue weighted by molar-refractivity contribution is 0.0921. The van der Waals surface area contributed by atoms with Crippen LogP contribution in [0.1, 0.15) is 23.2 Å². The van der Waals surface area contributed by atoms with E-state index in [0.29, 0.717) is 18.7 Å². The van der Waals surface area contributed by atoms with Gasteiger partial charge in [-0.1, -0.05) is 11.6 Å². The van der Waals surface area contributed by atoms with Crippen molar-refractivity contribution in [1.82, 2.24) is 14.6 Å². The summed E-state index contributed by atoms with van der Waals surface area (Å²) < 4.78 is 24.4. The second-order valence-corrected chi connectivity index (χ2v) is 7.17. The summed E-state index contributed by atoms with van der Waals surface area (Å²) in [5.41, 5.74) is 0.418. The molecular formula is C12H16ClN3O3S. The molecule has 1 aromatic rings. The van der Waals surface area contributed by atoms with Gasteiger partial charge in [0.15, 0.2) is 0 Å². The smallest absolute Gasteiger partial charge is 0.251 e. The van der Waals surface area contributed by atoms with E-state index in [1.54, 1.807) is 6.07 Å². The maximum atomic E-state index is 12.1. The average molecular weight is 318 g/mol. The second kappa shape index (κ2) is 6.07. The first-order chi connectivity index (χ1) is 9.36. The summed E-state index contributed by atoms with van der Waals surface area (Å²) in [5, 5.41) is 3.08. The SMILES string of the molecule is CS(=O)(=O)N1CCCC(NC(=O)c2ccnc(Cl)c2)C1. The van der Waals surface area contributed by atoms with Gasteiger partial charge in [0.25, 0.3) is 5.91 Å². The molecule has 0 aliphatic carbocycles. The van der Waals surface area contributed by atoms with Crippen LogP contribution in [-0.2, 0) is 10.0 Å². The minimum atomic E-state index is -3.22. The van der Waals surface area contributed by atoms with Crippen molar-refractivity contribution in [3.8, 4) is 0 Å². The highest BCUT2D eigenvalue weighted by Crippen LogP contribution is 2.14. The summed E-state index contributed by atoms with van der Waals surface area (Å²) in [4.78, 5) is 15.9. The molecule has 6 nitrogen and oxygen atoms in total. The van der Waals surface area contributed by atoms with Gasteiger partial charge < -0.3 is 5.32 Å². The van der Waals surface area contributed by atoms with Crippen molar-refractivity contribution in [2.45, 2.75) is 18.9 Å². The number of sulfonamides is 1. The maximum Gasteiger partial charge on any atom is 0.251 e. The molecule has 1 aromatic heterocycles. The van der Waals surface area contributed by atoms with Crippen molar-refractivity contribution in [3.05, 3.63) is 29.0 Å². The van der Waals surface area contributed by atoms with Gasteiger partial charge in [-0.2, -0.15) is 0 Å². The topological polar surface area (TPSA) is 79.4 Å². The van der Waals surface area contributed by atoms with Crippen LogP contribution in [0.25, 0.3) is 0 Å². The fourth-order valence-electron chi connectivity index (χ4n) is 2.17. The molecule has 1 aliphatic heterocycles. The summed E-state index contributed by atoms with van der Waals surface area (Å²) in [6.45, 7) is 0.815. The Kier molecular flexibility index (Phi) is 4.62. The standard InChI is InChI=1S/C12H16ClN3O3S/c1-20(18,19)16-6-2-3-10(8-16)15-12(17)9-4-5-14-11(13)7-9/h4-5,7,10H,2-3,6,8H2,1H3,(H,15,17). The van der Waals surface area contributed by atoms with Gasteiger partial charge in [0.1, 0.15) is 5.15 Å². The zero-order chi connectivity index (χ0) is 14.8. The molecule has 1 saturated heterocycles. The van der Waals surface area contributed by atoms with Gasteiger partial charge >= 0.3 is 0 Å². The van der Waals surface area contributed by atoms with Gasteiger partial charge in [0.2, 0.25) is 10.0 Å². The molecule has 1 atom stereocenters. The minimum absolute atomic E-state index is 0.182. The average Bonchev–Trinajstić information content (AvgIpc) is 2.38. The van der Waals surface area contributed by atoms with Crippen molar-refractivity contribution in [2.24, 2.45) is 0 Å². The third-order valence-electron chi connectivity index (χ3n) is 3.18. The number of pyridine rings is 1. The zero-order valence-corrected chi connectivity index (χ0v) is 12.6. The van der Waals surface area contributed by atoms with Crippen molar-refractivity contribution < 1.29 is 13.2 Å². The van der Waals surface area contributed by atoms with Crippen LogP contribution >= 0.6 is 11.6 Å². The van der Waals surface area contributed by atoms with Gasteiger partial charge in [-0.25, -0.2) is 17.7 Å². The zero-order valence-electron chi connectivity index (χ0n) is 11.0. The van der Waals surface area contributed by atoms with Crippen molar-refractivity contribution >= 4 is 27.5 Å². The Morgan fingerprint density at radius 3 is 2.95 bits per heavy atom. The number of rotatable bonds is 3. The van der Waals surface area contributed by atoms with Gasteiger partial charge in [-0.3, -0.25) is 4.79 Å². The van der Waals surface area contributed by atoms with Crippen LogP contribution in [0.5, 0.6) is 0 Å². The number of aromatic nitrogens is 1. The van der Waals surface area contributed by atoms with Gasteiger partial charge in [-0.15, -0.1) is 0 Å². The third kappa shape index (κ3) is 3.91. The lowest BCUT2D eigenvalue weighted by Crippen LogP contribution is -2.49. The van der Waals surface area contributed by atoms with Crippen LogP contribution in [0.15, 0.2) is 18.3 Å². The number of nitrogens with one attached hydrogen (secondary N) is 1. The Morgan fingerprint density at radius 2 is 2.30 bits per heavy atom. The Morgan fingerprint density at radius 1 is 1.55 bits per heavy atom. The summed E-state index contributed by atoms with van der Waals surface area (Å²) in [6, 6.07) is 2.87. The van der Waals surface area contributed by atoms with E-state index in [-0.39, 0.29) is 17.1 Å². The first-order valence-electron chi connectivity index (χ1n) is 6.24. The van der Waals surface area contributed by atoms with Crippen molar-refractivity contribution in [1.29, 1.82) is 0 Å². The van der Waals surface area contributed by atoms with E-state index >= 15 is 0 Å². The number of hydrogen-bond donors (Lipinski definition) is 1. The maximum absolute atomic E-state index is 12.1. The third-order valence-corrected chi connectivity index (χ3v) is 4.65. The molecule has 8 heteroatoms. The Labute approximate surface area is 123 Å². The van der Waals surface area contributed by atoms with Crippen LogP contribution in [-0.4, -0.2) is 49.0 Å². The molecule has 1 N–H and O–H groups in total. The van der Waals surface area contributed by atoms with E-state index in [2.05, 4.69) is 10.3 Å². The van der Waals surface area contributed by atoms with E-state index in [4.69, 9.17) is 11.6 Å². The molecule has 0 radical (unpaired) electrons. The number of hydrogen-bond acceptors (Lipinski definition) is 4. The van der Waals surface area contributed by atoms with Crippen molar-refractivity contribution in [3.63, 3.8) is 0 Å². The number of carbonyl (C=O) groups is 1. The molecule has 20 heavy (non-hydrogen) atoms. The predicted octanol–water partition coefficient (Wildman–Crippen LogP) is 0.889. The number of piperidine rings is 1. The molecule has 0 aromatic carbocycles. The van der Waals surface area contributed by atoms with Crippen molar-refractivity contribution in [2.75, 3.05) is 19.3 Å². The molecule has 0 saturated carbocycles. The lowest BCUT2D eigenvalue weighted by Gasteiger charge is -2.31. The molecule has 2 rings (SSSR count). The van der Waals surface area contributed by atoms with Crippen LogP contribution in [0.4, 0.5) is 0 Å². The van der Waals surface area contributed by atoms with Gasteiger partial charge in [0.05, 0.1) is 6.26 Å². The molecule has 1 aliphatic rings. The van der Waals surface area contributed by atoms with E-state index < -0.39 is 10.0 Å². The summed E-state index contributed by atoms with van der Waals surface area (Å²) in [5.74, 6) is -0.269.